The molecule has 16 heavy (non-hydrogen) atoms. The fraction of sp³-hybridized carbons (Fsp3) is 0.857. The Kier molecular flexibility index (Phi) is 5.60. The largest absolute Gasteiger partial charge is 0.480 e. The van der Waals surface area contributed by atoms with Gasteiger partial charge in [-0.2, -0.15) is 13.2 Å². The summed E-state index contributed by atoms with van der Waals surface area (Å²) in [5, 5.41) is 6.94. The smallest absolute Gasteiger partial charge is 0.441 e. The van der Waals surface area contributed by atoms with Crippen molar-refractivity contribution in [3.63, 3.8) is 0 Å². The number of hydrogen-bond donors (Lipinski definition) is 1. The normalized spacial score (nSPS) is 14.8. The van der Waals surface area contributed by atoms with Gasteiger partial charge in [-0.15, -0.1) is 0 Å². The summed E-state index contributed by atoms with van der Waals surface area (Å²) < 4.78 is 57.8. The molecule has 1 atom stereocenters. The van der Waals surface area contributed by atoms with Crippen molar-refractivity contribution in [2.45, 2.75) is 24.1 Å². The Hall–Kier alpha value is -0.440. The number of aliphatic carboxylic acids is 1. The first-order valence-corrected chi connectivity index (χ1v) is 6.95. The average molecular weight is 280 g/mol. The molecule has 0 aliphatic heterocycles. The maximum Gasteiger partial charge on any atom is 0.441 e. The summed E-state index contributed by atoms with van der Waals surface area (Å²) in [6.45, 7) is 1.35. The number of hydrogen-bond acceptors (Lipinski definition) is 4. The molecule has 0 saturated heterocycles. The van der Waals surface area contributed by atoms with E-state index >= 15 is 0 Å². The first-order valence-electron chi connectivity index (χ1n) is 4.25. The summed E-state index contributed by atoms with van der Waals surface area (Å²) in [7, 11) is -4.01. The second-order valence-electron chi connectivity index (χ2n) is 2.90. The van der Waals surface area contributed by atoms with Gasteiger partial charge in [0.05, 0.1) is 5.75 Å². The number of halogens is 3. The van der Waals surface area contributed by atoms with Crippen LogP contribution in [-0.4, -0.2) is 41.8 Å². The van der Waals surface area contributed by atoms with Crippen molar-refractivity contribution in [3.05, 3.63) is 0 Å². The van der Waals surface area contributed by atoms with Gasteiger partial charge < -0.3 is 5.11 Å². The van der Waals surface area contributed by atoms with Crippen LogP contribution in [0.5, 0.6) is 0 Å². The van der Waals surface area contributed by atoms with Crippen LogP contribution in [0.4, 0.5) is 13.2 Å². The van der Waals surface area contributed by atoms with E-state index in [1.165, 1.54) is 6.92 Å². The second-order valence-corrected chi connectivity index (χ2v) is 6.36. The Morgan fingerprint density at radius 3 is 2.25 bits per heavy atom. The summed E-state index contributed by atoms with van der Waals surface area (Å²) in [4.78, 5) is 10.5. The van der Waals surface area contributed by atoms with Crippen LogP contribution in [-0.2, 0) is 14.6 Å². The maximum atomic E-state index is 11.7. The number of rotatable bonds is 6. The molecule has 0 radical (unpaired) electrons. The quantitative estimate of drug-likeness (QED) is 0.798. The van der Waals surface area contributed by atoms with Crippen molar-refractivity contribution in [1.82, 2.24) is 0 Å². The van der Waals surface area contributed by atoms with Crippen molar-refractivity contribution in [2.24, 2.45) is 0 Å². The fourth-order valence-electron chi connectivity index (χ4n) is 0.998. The fourth-order valence-corrected chi connectivity index (χ4v) is 3.59. The molecule has 0 amide bonds. The molecule has 0 aliphatic carbocycles. The molecule has 0 aromatic carbocycles. The Labute approximate surface area is 95.1 Å². The van der Waals surface area contributed by atoms with Crippen LogP contribution < -0.4 is 0 Å². The van der Waals surface area contributed by atoms with Crippen LogP contribution in [0, 0.1) is 0 Å². The summed E-state index contributed by atoms with van der Waals surface area (Å²) in [5.41, 5.74) is -4.50. The summed E-state index contributed by atoms with van der Waals surface area (Å²) in [5.74, 6) is -3.00. The SMILES string of the molecule is CCC(C(=O)O)S(=O)(=O)CCSC(F)(F)F. The number of sulfone groups is 1. The van der Waals surface area contributed by atoms with E-state index in [-0.39, 0.29) is 6.42 Å². The third kappa shape index (κ3) is 5.59. The second kappa shape index (κ2) is 5.76. The van der Waals surface area contributed by atoms with Crippen molar-refractivity contribution >= 4 is 27.6 Å². The summed E-state index contributed by atoms with van der Waals surface area (Å²) in [6, 6.07) is 0. The standard InChI is InChI=1S/C7H11F3O4S2/c1-2-5(6(11)12)16(13,14)4-3-15-7(8,9)10/h5H,2-4H2,1H3,(H,11,12). The molecule has 0 rings (SSSR count). The molecule has 0 saturated carbocycles. The zero-order valence-corrected chi connectivity index (χ0v) is 9.95. The van der Waals surface area contributed by atoms with E-state index in [4.69, 9.17) is 5.11 Å². The minimum atomic E-state index is -4.50. The van der Waals surface area contributed by atoms with E-state index in [1.54, 1.807) is 0 Å². The van der Waals surface area contributed by atoms with Crippen molar-refractivity contribution < 1.29 is 31.5 Å². The van der Waals surface area contributed by atoms with E-state index in [0.717, 1.165) is 0 Å². The number of carboxylic acid groups (broad SMARTS) is 1. The molecule has 0 spiro atoms. The van der Waals surface area contributed by atoms with Gasteiger partial charge in [-0.1, -0.05) is 6.92 Å². The molecule has 9 heteroatoms. The van der Waals surface area contributed by atoms with Gasteiger partial charge in [0.1, 0.15) is 0 Å². The predicted molar refractivity (Wildman–Crippen MR) is 54.0 cm³/mol. The topological polar surface area (TPSA) is 71.4 Å². The third-order valence-corrected chi connectivity index (χ3v) is 4.88. The lowest BCUT2D eigenvalue weighted by Gasteiger charge is -2.11. The molecule has 0 aliphatic rings. The van der Waals surface area contributed by atoms with E-state index < -0.39 is 49.8 Å². The molecule has 1 N–H and O–H groups in total. The minimum Gasteiger partial charge on any atom is -0.480 e. The zero-order valence-electron chi connectivity index (χ0n) is 8.32. The van der Waals surface area contributed by atoms with Crippen molar-refractivity contribution in [2.75, 3.05) is 11.5 Å². The molecule has 4 nitrogen and oxygen atoms in total. The highest BCUT2D eigenvalue weighted by Gasteiger charge is 2.33. The maximum absolute atomic E-state index is 11.7. The molecule has 0 fully saturated rings. The molecular weight excluding hydrogens is 269 g/mol. The molecule has 96 valence electrons. The van der Waals surface area contributed by atoms with Gasteiger partial charge in [-0.25, -0.2) is 8.42 Å². The lowest BCUT2D eigenvalue weighted by atomic mass is 10.3. The number of alkyl halides is 3. The number of thioether (sulfide) groups is 1. The first kappa shape index (κ1) is 15.6. The van der Waals surface area contributed by atoms with Crippen LogP contribution in [0.1, 0.15) is 13.3 Å². The molecule has 0 aromatic rings. The van der Waals surface area contributed by atoms with E-state index in [9.17, 15) is 26.4 Å². The molecule has 1 unspecified atom stereocenters. The van der Waals surface area contributed by atoms with Crippen molar-refractivity contribution in [3.8, 4) is 0 Å². The zero-order chi connectivity index (χ0) is 13.0. The van der Waals surface area contributed by atoms with E-state index in [2.05, 4.69) is 0 Å². The van der Waals surface area contributed by atoms with Gasteiger partial charge in [0.2, 0.25) is 0 Å². The Morgan fingerprint density at radius 2 is 1.94 bits per heavy atom. The minimum absolute atomic E-state index is 0.158. The van der Waals surface area contributed by atoms with Crippen LogP contribution in [0.3, 0.4) is 0 Å². The predicted octanol–water partition coefficient (Wildman–Crippen LogP) is 1.52. The summed E-state index contributed by atoms with van der Waals surface area (Å²) >= 11 is -0.472. The molecule has 0 aromatic heterocycles. The lowest BCUT2D eigenvalue weighted by Crippen LogP contribution is -2.32. The molecular formula is C7H11F3O4S2. The van der Waals surface area contributed by atoms with Gasteiger partial charge >= 0.3 is 11.5 Å². The van der Waals surface area contributed by atoms with Gasteiger partial charge in [0.15, 0.2) is 15.1 Å². The Balaban J connectivity index is 4.41. The lowest BCUT2D eigenvalue weighted by molar-refractivity contribution is -0.136. The van der Waals surface area contributed by atoms with Gasteiger partial charge in [-0.3, -0.25) is 4.79 Å². The van der Waals surface area contributed by atoms with Gasteiger partial charge in [0, 0.05) is 5.75 Å². The van der Waals surface area contributed by atoms with Gasteiger partial charge in [-0.05, 0) is 18.2 Å². The van der Waals surface area contributed by atoms with E-state index in [1.807, 2.05) is 0 Å². The highest BCUT2D eigenvalue weighted by Crippen LogP contribution is 2.30. The van der Waals surface area contributed by atoms with Crippen LogP contribution in [0.25, 0.3) is 0 Å². The van der Waals surface area contributed by atoms with Crippen LogP contribution in [0.15, 0.2) is 0 Å². The number of carboxylic acids is 1. The highest BCUT2D eigenvalue weighted by atomic mass is 32.2. The van der Waals surface area contributed by atoms with Gasteiger partial charge in [0.25, 0.3) is 0 Å². The van der Waals surface area contributed by atoms with E-state index in [0.29, 0.717) is 0 Å². The number of carbonyl (C=O) groups is 1. The Bertz CT molecular complexity index is 336. The van der Waals surface area contributed by atoms with Crippen LogP contribution in [0.2, 0.25) is 0 Å². The van der Waals surface area contributed by atoms with Crippen LogP contribution >= 0.6 is 11.8 Å². The highest BCUT2D eigenvalue weighted by molar-refractivity contribution is 8.01. The monoisotopic (exact) mass is 280 g/mol. The Morgan fingerprint density at radius 1 is 1.44 bits per heavy atom. The summed E-state index contributed by atoms with van der Waals surface area (Å²) in [6.07, 6.45) is -0.158. The molecule has 0 heterocycles. The first-order chi connectivity index (χ1) is 7.10. The molecule has 0 bridgehead atoms. The average Bonchev–Trinajstić information content (AvgIpc) is 1.99. The van der Waals surface area contributed by atoms with Crippen molar-refractivity contribution in [1.29, 1.82) is 0 Å². The third-order valence-electron chi connectivity index (χ3n) is 1.71.